The van der Waals surface area contributed by atoms with Crippen LogP contribution in [0.25, 0.3) is 10.9 Å². The Labute approximate surface area is 172 Å². The molecule has 1 aliphatic carbocycles. The fourth-order valence-corrected chi connectivity index (χ4v) is 3.92. The Morgan fingerprint density at radius 2 is 2.14 bits per heavy atom. The Morgan fingerprint density at radius 3 is 2.79 bits per heavy atom. The first-order valence-electron chi connectivity index (χ1n) is 9.29. The van der Waals surface area contributed by atoms with Gasteiger partial charge in [-0.25, -0.2) is 4.98 Å². The Bertz CT molecular complexity index is 1040. The van der Waals surface area contributed by atoms with E-state index < -0.39 is 11.5 Å². The molecule has 152 valence electrons. The van der Waals surface area contributed by atoms with Gasteiger partial charge in [0.15, 0.2) is 5.16 Å². The van der Waals surface area contributed by atoms with Gasteiger partial charge in [0.25, 0.3) is 5.56 Å². The maximum Gasteiger partial charge on any atom is 0.307 e. The van der Waals surface area contributed by atoms with Crippen LogP contribution in [0, 0.1) is 17.2 Å². The number of rotatable bonds is 8. The Morgan fingerprint density at radius 1 is 1.41 bits per heavy atom. The lowest BCUT2D eigenvalue weighted by Gasteiger charge is -2.22. The van der Waals surface area contributed by atoms with Gasteiger partial charge in [-0.1, -0.05) is 23.9 Å². The van der Waals surface area contributed by atoms with Crippen LogP contribution in [0.4, 0.5) is 0 Å². The van der Waals surface area contributed by atoms with Crippen molar-refractivity contribution in [2.75, 3.05) is 12.9 Å². The molecule has 1 aliphatic rings. The van der Waals surface area contributed by atoms with Crippen LogP contribution in [0.3, 0.4) is 0 Å². The fraction of sp³-hybridized carbons (Fsp3) is 0.450. The number of hydrogen-bond donors (Lipinski definition) is 1. The smallest absolute Gasteiger partial charge is 0.307 e. The highest BCUT2D eigenvalue weighted by atomic mass is 32.2. The zero-order valence-electron chi connectivity index (χ0n) is 16.3. The van der Waals surface area contributed by atoms with E-state index >= 15 is 0 Å². The number of benzene rings is 1. The number of esters is 1. The maximum atomic E-state index is 12.9. The van der Waals surface area contributed by atoms with E-state index in [1.165, 1.54) is 11.7 Å². The minimum atomic E-state index is -0.876. The molecule has 1 aromatic heterocycles. The van der Waals surface area contributed by atoms with E-state index in [0.29, 0.717) is 16.1 Å². The lowest BCUT2D eigenvalue weighted by atomic mass is 9.98. The van der Waals surface area contributed by atoms with Crippen molar-refractivity contribution in [3.05, 3.63) is 34.6 Å². The van der Waals surface area contributed by atoms with E-state index in [2.05, 4.69) is 21.1 Å². The molecule has 1 atom stereocenters. The van der Waals surface area contributed by atoms with E-state index in [1.54, 1.807) is 31.2 Å². The SMILES string of the molecule is COC(=O)CCn1c(SCC(=O)N[C@](C)(C#N)C2CC2)nc2ccccc2c1=O. The van der Waals surface area contributed by atoms with Crippen molar-refractivity contribution < 1.29 is 14.3 Å². The van der Waals surface area contributed by atoms with Crippen LogP contribution in [0.15, 0.2) is 34.2 Å². The summed E-state index contributed by atoms with van der Waals surface area (Å²) in [6, 6.07) is 9.12. The van der Waals surface area contributed by atoms with Gasteiger partial charge < -0.3 is 10.1 Å². The summed E-state index contributed by atoms with van der Waals surface area (Å²) in [5.41, 5.74) is -0.629. The van der Waals surface area contributed by atoms with Crippen LogP contribution < -0.4 is 10.9 Å². The average molecular weight is 414 g/mol. The first-order chi connectivity index (χ1) is 13.9. The van der Waals surface area contributed by atoms with E-state index in [0.717, 1.165) is 24.6 Å². The molecule has 0 spiro atoms. The molecule has 0 unspecified atom stereocenters. The number of nitrogens with zero attached hydrogens (tertiary/aromatic N) is 3. The molecule has 1 amide bonds. The number of para-hydroxylation sites is 1. The fourth-order valence-electron chi connectivity index (χ4n) is 3.10. The largest absolute Gasteiger partial charge is 0.469 e. The lowest BCUT2D eigenvalue weighted by molar-refractivity contribution is -0.140. The molecule has 8 nitrogen and oxygen atoms in total. The van der Waals surface area contributed by atoms with Crippen LogP contribution in [0.2, 0.25) is 0 Å². The van der Waals surface area contributed by atoms with Gasteiger partial charge in [0.2, 0.25) is 5.91 Å². The summed E-state index contributed by atoms with van der Waals surface area (Å²) < 4.78 is 6.05. The van der Waals surface area contributed by atoms with Gasteiger partial charge >= 0.3 is 5.97 Å². The number of thioether (sulfide) groups is 1. The summed E-state index contributed by atoms with van der Waals surface area (Å²) >= 11 is 1.11. The Kier molecular flexibility index (Phi) is 6.23. The molecule has 29 heavy (non-hydrogen) atoms. The molecular weight excluding hydrogens is 392 g/mol. The molecule has 1 aromatic carbocycles. The average Bonchev–Trinajstić information content (AvgIpc) is 3.57. The molecule has 1 saturated carbocycles. The number of aromatic nitrogens is 2. The number of hydrogen-bond acceptors (Lipinski definition) is 7. The van der Waals surface area contributed by atoms with Gasteiger partial charge in [-0.2, -0.15) is 5.26 Å². The number of nitrogens with one attached hydrogen (secondary N) is 1. The van der Waals surface area contributed by atoms with Gasteiger partial charge in [0.1, 0.15) is 5.54 Å². The standard InChI is InChI=1S/C20H22N4O4S/c1-20(12-21,13-7-8-13)23-16(25)11-29-19-22-15-6-4-3-5-14(15)18(27)24(19)10-9-17(26)28-2/h3-6,13H,7-11H2,1-2H3,(H,23,25)/t20-/m1/s1. The third kappa shape index (κ3) is 4.77. The summed E-state index contributed by atoms with van der Waals surface area (Å²) in [6.45, 7) is 1.83. The van der Waals surface area contributed by atoms with Crippen molar-refractivity contribution >= 4 is 34.5 Å². The van der Waals surface area contributed by atoms with Crippen LogP contribution >= 0.6 is 11.8 Å². The van der Waals surface area contributed by atoms with Crippen molar-refractivity contribution in [2.24, 2.45) is 5.92 Å². The van der Waals surface area contributed by atoms with Crippen molar-refractivity contribution in [3.8, 4) is 6.07 Å². The highest BCUT2D eigenvalue weighted by molar-refractivity contribution is 7.99. The molecule has 0 radical (unpaired) electrons. The third-order valence-electron chi connectivity index (χ3n) is 4.95. The molecular formula is C20H22N4O4S. The minimum absolute atomic E-state index is 0.00694. The van der Waals surface area contributed by atoms with Gasteiger partial charge in [0, 0.05) is 6.54 Å². The molecule has 1 N–H and O–H groups in total. The van der Waals surface area contributed by atoms with Gasteiger partial charge in [-0.05, 0) is 37.8 Å². The van der Waals surface area contributed by atoms with Crippen LogP contribution in [0.5, 0.6) is 0 Å². The second-order valence-electron chi connectivity index (χ2n) is 7.12. The second-order valence-corrected chi connectivity index (χ2v) is 8.06. The highest BCUT2D eigenvalue weighted by Gasteiger charge is 2.42. The van der Waals surface area contributed by atoms with Crippen molar-refractivity contribution in [1.82, 2.24) is 14.9 Å². The Balaban J connectivity index is 1.81. The molecule has 0 bridgehead atoms. The van der Waals surface area contributed by atoms with E-state index in [1.807, 2.05) is 0 Å². The minimum Gasteiger partial charge on any atom is -0.469 e. The molecule has 2 aromatic rings. The molecule has 0 saturated heterocycles. The van der Waals surface area contributed by atoms with E-state index in [-0.39, 0.29) is 36.1 Å². The monoisotopic (exact) mass is 414 g/mol. The third-order valence-corrected chi connectivity index (χ3v) is 5.93. The zero-order valence-corrected chi connectivity index (χ0v) is 17.1. The van der Waals surface area contributed by atoms with Crippen molar-refractivity contribution in [2.45, 2.75) is 43.4 Å². The molecule has 0 aliphatic heterocycles. The highest BCUT2D eigenvalue weighted by Crippen LogP contribution is 2.39. The zero-order chi connectivity index (χ0) is 21.0. The van der Waals surface area contributed by atoms with Gasteiger partial charge in [-0.3, -0.25) is 19.0 Å². The number of fused-ring (bicyclic) bond motifs is 1. The number of nitriles is 1. The van der Waals surface area contributed by atoms with Gasteiger partial charge in [-0.15, -0.1) is 0 Å². The first kappa shape index (κ1) is 20.9. The molecule has 1 fully saturated rings. The summed E-state index contributed by atoms with van der Waals surface area (Å²) in [4.78, 5) is 41.3. The quantitative estimate of drug-likeness (QED) is 0.398. The molecule has 1 heterocycles. The van der Waals surface area contributed by atoms with Crippen LogP contribution in [-0.2, 0) is 20.9 Å². The first-order valence-corrected chi connectivity index (χ1v) is 10.3. The van der Waals surface area contributed by atoms with Crippen LogP contribution in [0.1, 0.15) is 26.2 Å². The molecule has 9 heteroatoms. The van der Waals surface area contributed by atoms with Crippen molar-refractivity contribution in [1.29, 1.82) is 5.26 Å². The Hall–Kier alpha value is -2.86. The van der Waals surface area contributed by atoms with Gasteiger partial charge in [0.05, 0.1) is 36.3 Å². The summed E-state index contributed by atoms with van der Waals surface area (Å²) in [6.07, 6.45) is 1.87. The normalized spacial score (nSPS) is 15.3. The second kappa shape index (κ2) is 8.66. The predicted octanol–water partition coefficient (Wildman–Crippen LogP) is 1.86. The van der Waals surface area contributed by atoms with E-state index in [4.69, 9.17) is 0 Å². The number of amides is 1. The lowest BCUT2D eigenvalue weighted by Crippen LogP contribution is -2.47. The number of carbonyl (C=O) groups is 2. The number of methoxy groups -OCH3 is 1. The van der Waals surface area contributed by atoms with Crippen LogP contribution in [-0.4, -0.2) is 39.8 Å². The summed E-state index contributed by atoms with van der Waals surface area (Å²) in [5, 5.41) is 13.0. The van der Waals surface area contributed by atoms with E-state index in [9.17, 15) is 19.6 Å². The van der Waals surface area contributed by atoms with Crippen molar-refractivity contribution in [3.63, 3.8) is 0 Å². The predicted molar refractivity (Wildman–Crippen MR) is 108 cm³/mol. The summed E-state index contributed by atoms with van der Waals surface area (Å²) in [7, 11) is 1.29. The topological polar surface area (TPSA) is 114 Å². The summed E-state index contributed by atoms with van der Waals surface area (Å²) in [5.74, 6) is -0.549. The molecule has 3 rings (SSSR count). The number of ether oxygens (including phenoxy) is 1. The number of carbonyl (C=O) groups excluding carboxylic acids is 2. The maximum absolute atomic E-state index is 12.9.